The van der Waals surface area contributed by atoms with E-state index < -0.39 is 0 Å². The molecule has 0 N–H and O–H groups in total. The molecule has 0 unspecified atom stereocenters. The third-order valence-electron chi connectivity index (χ3n) is 4.54. The number of hydrogen-bond acceptors (Lipinski definition) is 5. The summed E-state index contributed by atoms with van der Waals surface area (Å²) in [6.07, 6.45) is 0. The Labute approximate surface area is 159 Å². The Morgan fingerprint density at radius 3 is 2.04 bits per heavy atom. The Kier molecular flexibility index (Phi) is 7.45. The summed E-state index contributed by atoms with van der Waals surface area (Å²) in [5, 5.41) is 0. The maximum absolute atomic E-state index is 12.5. The van der Waals surface area contributed by atoms with E-state index >= 15 is 0 Å². The summed E-state index contributed by atoms with van der Waals surface area (Å²) in [4.78, 5) is 40.6. The van der Waals surface area contributed by atoms with E-state index in [1.165, 1.54) is 18.7 Å². The van der Waals surface area contributed by atoms with Crippen LogP contribution < -0.4 is 9.47 Å². The largest absolute Gasteiger partial charge is 0.497 e. The second kappa shape index (κ2) is 9.80. The summed E-state index contributed by atoms with van der Waals surface area (Å²) in [5.41, 5.74) is 0. The number of carbonyl (C=O) groups excluding carboxylic acids is 3. The summed E-state index contributed by atoms with van der Waals surface area (Å²) >= 11 is 0. The molecule has 3 amide bonds. The minimum Gasteiger partial charge on any atom is -0.497 e. The lowest BCUT2D eigenvalue weighted by Gasteiger charge is -2.35. The lowest BCUT2D eigenvalue weighted by atomic mass is 10.3. The van der Waals surface area contributed by atoms with Crippen molar-refractivity contribution in [3.8, 4) is 11.5 Å². The molecule has 0 atom stereocenters. The average Bonchev–Trinajstić information content (AvgIpc) is 2.67. The molecular formula is C19H27N3O5. The molecule has 0 bridgehead atoms. The Morgan fingerprint density at radius 2 is 1.52 bits per heavy atom. The Hall–Kier alpha value is -2.77. The van der Waals surface area contributed by atoms with Gasteiger partial charge in [0.05, 0.1) is 20.2 Å². The van der Waals surface area contributed by atoms with Crippen LogP contribution in [0.3, 0.4) is 0 Å². The van der Waals surface area contributed by atoms with E-state index in [9.17, 15) is 14.4 Å². The second-order valence-corrected chi connectivity index (χ2v) is 6.35. The van der Waals surface area contributed by atoms with E-state index in [1.54, 1.807) is 41.2 Å². The van der Waals surface area contributed by atoms with Gasteiger partial charge in [-0.2, -0.15) is 0 Å². The number of hydrogen-bond donors (Lipinski definition) is 0. The highest BCUT2D eigenvalue weighted by Gasteiger charge is 2.24. The quantitative estimate of drug-likeness (QED) is 0.696. The van der Waals surface area contributed by atoms with E-state index in [0.717, 1.165) is 5.75 Å². The van der Waals surface area contributed by atoms with Gasteiger partial charge < -0.3 is 24.2 Å². The Bertz CT molecular complexity index is 654. The summed E-state index contributed by atoms with van der Waals surface area (Å²) < 4.78 is 10.7. The van der Waals surface area contributed by atoms with Gasteiger partial charge in [0.2, 0.25) is 17.7 Å². The maximum atomic E-state index is 12.5. The van der Waals surface area contributed by atoms with Crippen molar-refractivity contribution in [2.24, 2.45) is 0 Å². The van der Waals surface area contributed by atoms with Gasteiger partial charge in [0.25, 0.3) is 0 Å². The van der Waals surface area contributed by atoms with Crippen LogP contribution in [0.2, 0.25) is 0 Å². The van der Waals surface area contributed by atoms with Crippen LogP contribution in [-0.4, -0.2) is 85.4 Å². The first-order chi connectivity index (χ1) is 12.9. The van der Waals surface area contributed by atoms with Gasteiger partial charge in [-0.25, -0.2) is 0 Å². The summed E-state index contributed by atoms with van der Waals surface area (Å²) in [6.45, 7) is 5.63. The first-order valence-corrected chi connectivity index (χ1v) is 8.96. The molecule has 0 spiro atoms. The fraction of sp³-hybridized carbons (Fsp3) is 0.526. The highest BCUT2D eigenvalue weighted by molar-refractivity contribution is 5.84. The lowest BCUT2D eigenvalue weighted by Crippen LogP contribution is -2.52. The number of piperazine rings is 1. The van der Waals surface area contributed by atoms with Crippen LogP contribution in [0.15, 0.2) is 24.3 Å². The van der Waals surface area contributed by atoms with Crippen molar-refractivity contribution in [1.82, 2.24) is 14.7 Å². The maximum Gasteiger partial charge on any atom is 0.242 e. The van der Waals surface area contributed by atoms with Crippen molar-refractivity contribution >= 4 is 17.7 Å². The first-order valence-electron chi connectivity index (χ1n) is 8.96. The fourth-order valence-electron chi connectivity index (χ4n) is 2.83. The highest BCUT2D eigenvalue weighted by Crippen LogP contribution is 2.16. The molecule has 1 aromatic rings. The molecule has 8 heteroatoms. The van der Waals surface area contributed by atoms with Crippen LogP contribution >= 0.6 is 0 Å². The zero-order chi connectivity index (χ0) is 19.8. The second-order valence-electron chi connectivity index (χ2n) is 6.35. The number of methoxy groups -OCH3 is 1. The van der Waals surface area contributed by atoms with E-state index in [-0.39, 0.29) is 30.9 Å². The number of nitrogens with zero attached hydrogens (tertiary/aromatic N) is 3. The van der Waals surface area contributed by atoms with Crippen LogP contribution in [0, 0.1) is 0 Å². The van der Waals surface area contributed by atoms with E-state index in [1.807, 2.05) is 0 Å². The molecule has 1 aliphatic rings. The Balaban J connectivity index is 1.79. The van der Waals surface area contributed by atoms with Crippen molar-refractivity contribution in [1.29, 1.82) is 0 Å². The molecular weight excluding hydrogens is 350 g/mol. The highest BCUT2D eigenvalue weighted by atomic mass is 16.5. The predicted molar refractivity (Wildman–Crippen MR) is 99.6 cm³/mol. The molecule has 1 fully saturated rings. The lowest BCUT2D eigenvalue weighted by molar-refractivity contribution is -0.142. The molecule has 1 heterocycles. The zero-order valence-electron chi connectivity index (χ0n) is 16.1. The van der Waals surface area contributed by atoms with Gasteiger partial charge in [-0.1, -0.05) is 0 Å². The van der Waals surface area contributed by atoms with Crippen molar-refractivity contribution in [3.05, 3.63) is 24.3 Å². The van der Waals surface area contributed by atoms with Crippen molar-refractivity contribution < 1.29 is 23.9 Å². The smallest absolute Gasteiger partial charge is 0.242 e. The Morgan fingerprint density at radius 1 is 0.963 bits per heavy atom. The minimum atomic E-state index is -0.177. The van der Waals surface area contributed by atoms with Gasteiger partial charge in [0.1, 0.15) is 18.1 Å². The normalized spacial score (nSPS) is 13.9. The molecule has 1 aromatic carbocycles. The minimum absolute atomic E-state index is 0.0153. The number of amides is 3. The molecule has 0 saturated carbocycles. The van der Waals surface area contributed by atoms with Crippen molar-refractivity contribution in [2.45, 2.75) is 13.8 Å². The van der Waals surface area contributed by atoms with Gasteiger partial charge in [0.15, 0.2) is 0 Å². The topological polar surface area (TPSA) is 79.4 Å². The van der Waals surface area contributed by atoms with Crippen molar-refractivity contribution in [2.75, 3.05) is 53.0 Å². The molecule has 8 nitrogen and oxygen atoms in total. The van der Waals surface area contributed by atoms with E-state index in [0.29, 0.717) is 38.5 Å². The molecule has 27 heavy (non-hydrogen) atoms. The van der Waals surface area contributed by atoms with Gasteiger partial charge in [-0.3, -0.25) is 14.4 Å². The van der Waals surface area contributed by atoms with Crippen LogP contribution in [0.4, 0.5) is 0 Å². The van der Waals surface area contributed by atoms with Gasteiger partial charge in [0, 0.05) is 40.0 Å². The number of benzene rings is 1. The van der Waals surface area contributed by atoms with Crippen LogP contribution in [0.1, 0.15) is 13.8 Å². The summed E-state index contributed by atoms with van der Waals surface area (Å²) in [7, 11) is 1.59. The first kappa shape index (κ1) is 20.5. The monoisotopic (exact) mass is 377 g/mol. The number of rotatable bonds is 7. The summed E-state index contributed by atoms with van der Waals surface area (Å²) in [5.74, 6) is 1.14. The summed E-state index contributed by atoms with van der Waals surface area (Å²) in [6, 6.07) is 7.16. The fourth-order valence-corrected chi connectivity index (χ4v) is 2.83. The van der Waals surface area contributed by atoms with Crippen LogP contribution in [0.25, 0.3) is 0 Å². The molecule has 1 aliphatic heterocycles. The van der Waals surface area contributed by atoms with E-state index in [2.05, 4.69) is 0 Å². The standard InChI is InChI=1S/C19H27N3O5/c1-15(23)20-8-10-21(11-9-20)19(25)14-22(16(2)24)12-13-27-18-6-4-17(26-3)5-7-18/h4-7H,8-14H2,1-3H3. The van der Waals surface area contributed by atoms with Crippen molar-refractivity contribution in [3.63, 3.8) is 0 Å². The van der Waals surface area contributed by atoms with E-state index in [4.69, 9.17) is 9.47 Å². The third-order valence-corrected chi connectivity index (χ3v) is 4.54. The molecule has 0 aliphatic carbocycles. The zero-order valence-corrected chi connectivity index (χ0v) is 16.1. The average molecular weight is 377 g/mol. The van der Waals surface area contributed by atoms with Gasteiger partial charge in [-0.15, -0.1) is 0 Å². The molecule has 0 aromatic heterocycles. The van der Waals surface area contributed by atoms with Gasteiger partial charge >= 0.3 is 0 Å². The number of carbonyl (C=O) groups is 3. The molecule has 1 saturated heterocycles. The third kappa shape index (κ3) is 6.16. The number of ether oxygens (including phenoxy) is 2. The van der Waals surface area contributed by atoms with Crippen LogP contribution in [-0.2, 0) is 14.4 Å². The molecule has 2 rings (SSSR count). The van der Waals surface area contributed by atoms with Crippen LogP contribution in [0.5, 0.6) is 11.5 Å². The predicted octanol–water partition coefficient (Wildman–Crippen LogP) is 0.613. The SMILES string of the molecule is COc1ccc(OCCN(CC(=O)N2CCN(C(C)=O)CC2)C(C)=O)cc1. The molecule has 148 valence electrons. The molecule has 0 radical (unpaired) electrons. The van der Waals surface area contributed by atoms with Gasteiger partial charge in [-0.05, 0) is 24.3 Å².